The topological polar surface area (TPSA) is 90.4 Å². The summed E-state index contributed by atoms with van der Waals surface area (Å²) in [6.07, 6.45) is 2.94. The molecule has 3 N–H and O–H groups in total. The molecule has 104 valence electrons. The number of anilines is 1. The molecule has 6 nitrogen and oxygen atoms in total. The van der Waals surface area contributed by atoms with Crippen molar-refractivity contribution in [3.8, 4) is 5.75 Å². The van der Waals surface area contributed by atoms with E-state index >= 15 is 0 Å². The number of aromatic nitrogens is 2. The summed E-state index contributed by atoms with van der Waals surface area (Å²) in [5, 5.41) is 19.5. The average Bonchev–Trinajstić information content (AvgIpc) is 2.41. The van der Waals surface area contributed by atoms with E-state index in [4.69, 9.17) is 11.6 Å². The number of rotatable bonds is 3. The SMILES string of the molecule is Cc1cc(/C=N/Nc2cn[nH]c(=O)c2Cl)cc(C)c1O. The van der Waals surface area contributed by atoms with E-state index in [1.54, 1.807) is 18.3 Å². The molecule has 0 bridgehead atoms. The molecule has 0 unspecified atom stereocenters. The van der Waals surface area contributed by atoms with Gasteiger partial charge in [-0.05, 0) is 42.7 Å². The normalized spacial score (nSPS) is 10.9. The number of phenols is 1. The first-order valence-electron chi connectivity index (χ1n) is 5.81. The molecule has 2 aromatic rings. The van der Waals surface area contributed by atoms with Crippen molar-refractivity contribution in [2.75, 3.05) is 5.43 Å². The first-order chi connectivity index (χ1) is 9.49. The molecule has 0 amide bonds. The maximum atomic E-state index is 11.2. The highest BCUT2D eigenvalue weighted by Gasteiger charge is 2.04. The number of nitrogens with zero attached hydrogens (tertiary/aromatic N) is 2. The van der Waals surface area contributed by atoms with E-state index < -0.39 is 5.56 Å². The number of halogens is 1. The van der Waals surface area contributed by atoms with Gasteiger partial charge in [0.15, 0.2) is 0 Å². The van der Waals surface area contributed by atoms with Gasteiger partial charge in [0.25, 0.3) is 5.56 Å². The molecule has 0 atom stereocenters. The second kappa shape index (κ2) is 5.75. The standard InChI is InChI=1S/C13H13ClN4O2/c1-7-3-9(4-8(2)12(7)19)5-15-17-10-6-16-18-13(20)11(10)14/h3-6,19H,1-2H3,(H2,17,18,20)/b15-5+. The third kappa shape index (κ3) is 2.97. The lowest BCUT2D eigenvalue weighted by Crippen LogP contribution is -2.10. The summed E-state index contributed by atoms with van der Waals surface area (Å²) in [4.78, 5) is 11.2. The van der Waals surface area contributed by atoms with E-state index in [-0.39, 0.29) is 10.8 Å². The Labute approximate surface area is 120 Å². The lowest BCUT2D eigenvalue weighted by Gasteiger charge is -2.05. The fourth-order valence-corrected chi connectivity index (χ4v) is 1.84. The summed E-state index contributed by atoms with van der Waals surface area (Å²) in [5.41, 5.74) is 4.83. The predicted octanol–water partition coefficient (Wildman–Crippen LogP) is 2.19. The van der Waals surface area contributed by atoms with Crippen LogP contribution in [0.1, 0.15) is 16.7 Å². The Morgan fingerprint density at radius 2 is 2.05 bits per heavy atom. The van der Waals surface area contributed by atoms with Gasteiger partial charge in [0.05, 0.1) is 12.4 Å². The van der Waals surface area contributed by atoms with Crippen molar-refractivity contribution in [2.45, 2.75) is 13.8 Å². The molecule has 0 saturated heterocycles. The van der Waals surface area contributed by atoms with Gasteiger partial charge in [-0.2, -0.15) is 10.2 Å². The Morgan fingerprint density at radius 1 is 1.40 bits per heavy atom. The molecule has 1 aromatic carbocycles. The number of aromatic amines is 1. The van der Waals surface area contributed by atoms with Crippen molar-refractivity contribution in [1.82, 2.24) is 10.2 Å². The van der Waals surface area contributed by atoms with Crippen LogP contribution in [-0.2, 0) is 0 Å². The van der Waals surface area contributed by atoms with Crippen LogP contribution >= 0.6 is 11.6 Å². The number of hydrazone groups is 1. The zero-order valence-electron chi connectivity index (χ0n) is 10.9. The highest BCUT2D eigenvalue weighted by atomic mass is 35.5. The third-order valence-electron chi connectivity index (χ3n) is 2.71. The van der Waals surface area contributed by atoms with Crippen LogP contribution < -0.4 is 11.0 Å². The van der Waals surface area contributed by atoms with E-state index in [2.05, 4.69) is 20.7 Å². The molecule has 0 saturated carbocycles. The molecule has 7 heteroatoms. The number of aromatic hydroxyl groups is 1. The minimum absolute atomic E-state index is 0.00443. The first kappa shape index (κ1) is 14.1. The molecule has 20 heavy (non-hydrogen) atoms. The largest absolute Gasteiger partial charge is 0.507 e. The molecule has 2 rings (SSSR count). The summed E-state index contributed by atoms with van der Waals surface area (Å²) in [7, 11) is 0. The number of hydrogen-bond donors (Lipinski definition) is 3. The molecule has 0 aliphatic rings. The van der Waals surface area contributed by atoms with Gasteiger partial charge in [-0.1, -0.05) is 11.6 Å². The van der Waals surface area contributed by atoms with Crippen molar-refractivity contribution in [1.29, 1.82) is 0 Å². The van der Waals surface area contributed by atoms with Gasteiger partial charge in [0.2, 0.25) is 0 Å². The van der Waals surface area contributed by atoms with Crippen LogP contribution in [0.4, 0.5) is 5.69 Å². The molecule has 0 fully saturated rings. The van der Waals surface area contributed by atoms with E-state index in [0.717, 1.165) is 16.7 Å². The average molecular weight is 293 g/mol. The van der Waals surface area contributed by atoms with Crippen molar-refractivity contribution >= 4 is 23.5 Å². The summed E-state index contributed by atoms with van der Waals surface area (Å²) < 4.78 is 0. The highest BCUT2D eigenvalue weighted by molar-refractivity contribution is 6.32. The monoisotopic (exact) mass is 292 g/mol. The lowest BCUT2D eigenvalue weighted by molar-refractivity contribution is 0.467. The quantitative estimate of drug-likeness (QED) is 0.597. The number of phenolic OH excluding ortho intramolecular Hbond substituents is 1. The fraction of sp³-hybridized carbons (Fsp3) is 0.154. The van der Waals surface area contributed by atoms with Crippen molar-refractivity contribution in [2.24, 2.45) is 5.10 Å². The van der Waals surface area contributed by atoms with E-state index in [9.17, 15) is 9.90 Å². The summed E-state index contributed by atoms with van der Waals surface area (Å²) >= 11 is 5.79. The lowest BCUT2D eigenvalue weighted by atomic mass is 10.1. The third-order valence-corrected chi connectivity index (χ3v) is 3.08. The van der Waals surface area contributed by atoms with Crippen LogP contribution in [0.3, 0.4) is 0 Å². The van der Waals surface area contributed by atoms with E-state index in [1.807, 2.05) is 13.8 Å². The smallest absolute Gasteiger partial charge is 0.285 e. The van der Waals surface area contributed by atoms with Gasteiger partial charge in [0.1, 0.15) is 16.5 Å². The number of aryl methyl sites for hydroxylation is 2. The van der Waals surface area contributed by atoms with Crippen LogP contribution in [0.2, 0.25) is 5.02 Å². The summed E-state index contributed by atoms with van der Waals surface area (Å²) in [6.45, 7) is 3.62. The Morgan fingerprint density at radius 3 is 2.70 bits per heavy atom. The van der Waals surface area contributed by atoms with Gasteiger partial charge in [0, 0.05) is 0 Å². The van der Waals surface area contributed by atoms with Crippen LogP contribution in [-0.4, -0.2) is 21.5 Å². The van der Waals surface area contributed by atoms with E-state index in [0.29, 0.717) is 5.69 Å². The number of nitrogens with one attached hydrogen (secondary N) is 2. The van der Waals surface area contributed by atoms with Crippen molar-refractivity contribution < 1.29 is 5.11 Å². The minimum Gasteiger partial charge on any atom is -0.507 e. The molecule has 1 aromatic heterocycles. The molecule has 0 aliphatic carbocycles. The molecule has 0 aliphatic heterocycles. The van der Waals surface area contributed by atoms with Gasteiger partial charge >= 0.3 is 0 Å². The van der Waals surface area contributed by atoms with Crippen LogP contribution in [0.25, 0.3) is 0 Å². The Balaban J connectivity index is 2.18. The summed E-state index contributed by atoms with van der Waals surface area (Å²) in [5.74, 6) is 0.275. The highest BCUT2D eigenvalue weighted by Crippen LogP contribution is 2.22. The van der Waals surface area contributed by atoms with Gasteiger partial charge < -0.3 is 5.11 Å². The fourth-order valence-electron chi connectivity index (χ4n) is 1.70. The van der Waals surface area contributed by atoms with Crippen LogP contribution in [0.5, 0.6) is 5.75 Å². The van der Waals surface area contributed by atoms with Gasteiger partial charge in [-0.3, -0.25) is 10.2 Å². The maximum Gasteiger partial charge on any atom is 0.285 e. The predicted molar refractivity (Wildman–Crippen MR) is 78.7 cm³/mol. The second-order valence-corrected chi connectivity index (χ2v) is 4.68. The van der Waals surface area contributed by atoms with Gasteiger partial charge in [-0.15, -0.1) is 0 Å². The maximum absolute atomic E-state index is 11.2. The molecular formula is C13H13ClN4O2. The Kier molecular flexibility index (Phi) is 4.05. The zero-order valence-corrected chi connectivity index (χ0v) is 11.7. The van der Waals surface area contributed by atoms with Crippen molar-refractivity contribution in [3.63, 3.8) is 0 Å². The zero-order chi connectivity index (χ0) is 14.7. The summed E-state index contributed by atoms with van der Waals surface area (Å²) in [6, 6.07) is 3.59. The molecular weight excluding hydrogens is 280 g/mol. The Bertz CT molecular complexity index is 702. The van der Waals surface area contributed by atoms with Crippen LogP contribution in [0.15, 0.2) is 28.2 Å². The Hall–Kier alpha value is -2.34. The van der Waals surface area contributed by atoms with E-state index in [1.165, 1.54) is 6.20 Å². The van der Waals surface area contributed by atoms with Crippen LogP contribution in [0, 0.1) is 13.8 Å². The molecule has 0 radical (unpaired) electrons. The number of H-pyrrole nitrogens is 1. The van der Waals surface area contributed by atoms with Gasteiger partial charge in [-0.25, -0.2) is 5.10 Å². The number of benzene rings is 1. The number of hydrogen-bond acceptors (Lipinski definition) is 5. The molecule has 1 heterocycles. The van der Waals surface area contributed by atoms with Crippen molar-refractivity contribution in [3.05, 3.63) is 50.4 Å². The minimum atomic E-state index is -0.483. The molecule has 0 spiro atoms. The second-order valence-electron chi connectivity index (χ2n) is 4.30. The first-order valence-corrected chi connectivity index (χ1v) is 6.19.